The van der Waals surface area contributed by atoms with E-state index in [9.17, 15) is 17.6 Å². The molecule has 3 N–H and O–H groups in total. The van der Waals surface area contributed by atoms with E-state index >= 15 is 0 Å². The molecule has 6 nitrogen and oxygen atoms in total. The summed E-state index contributed by atoms with van der Waals surface area (Å²) in [5, 5.41) is 13.6. The fourth-order valence-electron chi connectivity index (χ4n) is 2.24. The maximum atomic E-state index is 13.7. The zero-order chi connectivity index (χ0) is 20.1. The molecule has 0 fully saturated rings. The summed E-state index contributed by atoms with van der Waals surface area (Å²) in [6.07, 6.45) is -2.25. The van der Waals surface area contributed by atoms with Crippen molar-refractivity contribution >= 4 is 29.4 Å². The van der Waals surface area contributed by atoms with Crippen molar-refractivity contribution in [2.45, 2.75) is 6.36 Å². The average Bonchev–Trinajstić information content (AvgIpc) is 2.63. The van der Waals surface area contributed by atoms with Gasteiger partial charge in [0.05, 0.1) is 11.3 Å². The molecule has 0 saturated heterocycles. The number of para-hydroxylation sites is 1. The van der Waals surface area contributed by atoms with Crippen LogP contribution in [0.1, 0.15) is 0 Å². The Labute approximate surface area is 156 Å². The number of aliphatic imine (C=N–C) groups is 2. The van der Waals surface area contributed by atoms with Gasteiger partial charge in [0.15, 0.2) is 5.84 Å². The van der Waals surface area contributed by atoms with Crippen molar-refractivity contribution in [3.05, 3.63) is 66.1 Å². The first-order valence-corrected chi connectivity index (χ1v) is 7.85. The van der Waals surface area contributed by atoms with Crippen LogP contribution < -0.4 is 15.4 Å². The molecule has 0 atom stereocenters. The lowest BCUT2D eigenvalue weighted by molar-refractivity contribution is -0.274. The maximum Gasteiger partial charge on any atom is 0.573 e. The van der Waals surface area contributed by atoms with Gasteiger partial charge in [0.25, 0.3) is 0 Å². The molecule has 2 aromatic rings. The van der Waals surface area contributed by atoms with Gasteiger partial charge in [0.2, 0.25) is 0 Å². The van der Waals surface area contributed by atoms with E-state index in [-0.39, 0.29) is 28.7 Å². The number of anilines is 2. The van der Waals surface area contributed by atoms with Gasteiger partial charge in [0.1, 0.15) is 23.7 Å². The zero-order valence-electron chi connectivity index (χ0n) is 14.1. The summed E-state index contributed by atoms with van der Waals surface area (Å²) in [5.74, 6) is -0.751. The normalized spacial score (nSPS) is 15.4. The molecule has 0 radical (unpaired) electrons. The molecule has 1 aliphatic heterocycles. The number of amidine groups is 2. The highest BCUT2D eigenvalue weighted by molar-refractivity contribution is 6.30. The van der Waals surface area contributed by atoms with Crippen LogP contribution in [0, 0.1) is 11.2 Å². The van der Waals surface area contributed by atoms with Crippen molar-refractivity contribution in [3.8, 4) is 5.75 Å². The minimum absolute atomic E-state index is 0.127. The number of nitrogens with zero attached hydrogens (tertiary/aromatic N) is 2. The highest BCUT2D eigenvalue weighted by Crippen LogP contribution is 2.24. The van der Waals surface area contributed by atoms with E-state index in [1.807, 2.05) is 0 Å². The topological polar surface area (TPSA) is 81.9 Å². The van der Waals surface area contributed by atoms with Gasteiger partial charge in [-0.1, -0.05) is 12.1 Å². The predicted molar refractivity (Wildman–Crippen MR) is 98.5 cm³/mol. The number of benzene rings is 2. The smallest absolute Gasteiger partial charge is 0.406 e. The lowest BCUT2D eigenvalue weighted by atomic mass is 10.2. The fraction of sp³-hybridized carbons (Fsp3) is 0.0556. The Balaban J connectivity index is 1.76. The van der Waals surface area contributed by atoms with Gasteiger partial charge in [-0.25, -0.2) is 14.4 Å². The second kappa shape index (κ2) is 7.91. The van der Waals surface area contributed by atoms with Crippen LogP contribution in [0.3, 0.4) is 0 Å². The summed E-state index contributed by atoms with van der Waals surface area (Å²) in [7, 11) is 0. The summed E-state index contributed by atoms with van der Waals surface area (Å²) in [4.78, 5) is 7.81. The number of hydrogen-bond acceptors (Lipinski definition) is 5. The Morgan fingerprint density at radius 3 is 2.43 bits per heavy atom. The second-order valence-electron chi connectivity index (χ2n) is 5.45. The SMILES string of the molecule is N=C1N=CN=C(Nc2ccc(OC(F)(F)F)cc2)/C1=C/Nc1ccccc1F. The van der Waals surface area contributed by atoms with Crippen LogP contribution in [-0.2, 0) is 0 Å². The van der Waals surface area contributed by atoms with E-state index in [1.54, 1.807) is 12.1 Å². The highest BCUT2D eigenvalue weighted by atomic mass is 19.4. The fourth-order valence-corrected chi connectivity index (χ4v) is 2.24. The lowest BCUT2D eigenvalue weighted by Gasteiger charge is -2.16. The van der Waals surface area contributed by atoms with Crippen LogP contribution in [0.4, 0.5) is 28.9 Å². The summed E-state index contributed by atoms with van der Waals surface area (Å²) in [6, 6.07) is 11.0. The maximum absolute atomic E-state index is 13.7. The number of ether oxygens (including phenoxy) is 1. The second-order valence-corrected chi connectivity index (χ2v) is 5.45. The van der Waals surface area contributed by atoms with E-state index < -0.39 is 12.2 Å². The molecule has 0 bridgehead atoms. The number of halogens is 4. The van der Waals surface area contributed by atoms with Crippen LogP contribution in [0.5, 0.6) is 5.75 Å². The van der Waals surface area contributed by atoms with E-state index in [0.29, 0.717) is 5.69 Å². The van der Waals surface area contributed by atoms with Gasteiger partial charge in [-0.3, -0.25) is 5.41 Å². The number of rotatable bonds is 4. The Hall–Kier alpha value is -3.69. The quantitative estimate of drug-likeness (QED) is 0.669. The molecule has 28 heavy (non-hydrogen) atoms. The van der Waals surface area contributed by atoms with Crippen LogP contribution >= 0.6 is 0 Å². The predicted octanol–water partition coefficient (Wildman–Crippen LogP) is 4.55. The molecule has 144 valence electrons. The van der Waals surface area contributed by atoms with Gasteiger partial charge in [-0.2, -0.15) is 0 Å². The van der Waals surface area contributed by atoms with Crippen molar-refractivity contribution in [1.29, 1.82) is 5.41 Å². The first-order chi connectivity index (χ1) is 13.3. The van der Waals surface area contributed by atoms with Crippen molar-refractivity contribution in [1.82, 2.24) is 0 Å². The molecule has 0 unspecified atom stereocenters. The number of alkyl halides is 3. The summed E-state index contributed by atoms with van der Waals surface area (Å²) in [5.41, 5.74) is 0.847. The van der Waals surface area contributed by atoms with Crippen molar-refractivity contribution in [2.24, 2.45) is 9.98 Å². The van der Waals surface area contributed by atoms with Gasteiger partial charge < -0.3 is 15.4 Å². The molecule has 10 heteroatoms. The molecule has 0 spiro atoms. The third-order valence-electron chi connectivity index (χ3n) is 3.48. The standard InChI is InChI=1S/C18H13F4N5O/c19-14-3-1-2-4-15(14)24-9-13-16(23)25-10-26-17(13)27-11-5-7-12(8-6-11)28-18(20,21)22/h1-10,24H,(H2,23,25,26,27)/b13-9+. The van der Waals surface area contributed by atoms with Crippen LogP contribution in [0.25, 0.3) is 0 Å². The molecule has 1 heterocycles. The van der Waals surface area contributed by atoms with Gasteiger partial charge >= 0.3 is 6.36 Å². The van der Waals surface area contributed by atoms with Crippen LogP contribution in [0.2, 0.25) is 0 Å². The third-order valence-corrected chi connectivity index (χ3v) is 3.48. The largest absolute Gasteiger partial charge is 0.573 e. The third kappa shape index (κ3) is 4.93. The Morgan fingerprint density at radius 1 is 1.04 bits per heavy atom. The Morgan fingerprint density at radius 2 is 1.75 bits per heavy atom. The first-order valence-electron chi connectivity index (χ1n) is 7.85. The monoisotopic (exact) mass is 391 g/mol. The minimum atomic E-state index is -4.78. The van der Waals surface area contributed by atoms with Crippen LogP contribution in [0.15, 0.2) is 70.3 Å². The molecule has 0 aliphatic carbocycles. The molecule has 0 amide bonds. The summed E-state index contributed by atoms with van der Waals surface area (Å²) in [6.45, 7) is 0. The highest BCUT2D eigenvalue weighted by Gasteiger charge is 2.31. The zero-order valence-corrected chi connectivity index (χ0v) is 14.1. The van der Waals surface area contributed by atoms with Crippen molar-refractivity contribution in [3.63, 3.8) is 0 Å². The number of hydrogen-bond donors (Lipinski definition) is 3. The molecule has 0 aromatic heterocycles. The van der Waals surface area contributed by atoms with E-state index in [2.05, 4.69) is 25.4 Å². The first kappa shape index (κ1) is 19.1. The van der Waals surface area contributed by atoms with Crippen LogP contribution in [-0.4, -0.2) is 24.4 Å². The van der Waals surface area contributed by atoms with Gasteiger partial charge in [-0.05, 0) is 36.4 Å². The van der Waals surface area contributed by atoms with Gasteiger partial charge in [0, 0.05) is 11.9 Å². The summed E-state index contributed by atoms with van der Waals surface area (Å²) >= 11 is 0. The molecule has 3 rings (SSSR count). The lowest BCUT2D eigenvalue weighted by Crippen LogP contribution is -2.23. The van der Waals surface area contributed by atoms with E-state index in [1.165, 1.54) is 30.5 Å². The molecule has 1 aliphatic rings. The van der Waals surface area contributed by atoms with Gasteiger partial charge in [-0.15, -0.1) is 13.2 Å². The van der Waals surface area contributed by atoms with E-state index in [4.69, 9.17) is 5.41 Å². The average molecular weight is 391 g/mol. The van der Waals surface area contributed by atoms with Crippen molar-refractivity contribution in [2.75, 3.05) is 10.6 Å². The Kier molecular flexibility index (Phi) is 5.39. The molecule has 0 saturated carbocycles. The summed E-state index contributed by atoms with van der Waals surface area (Å²) < 4.78 is 54.2. The number of nitrogens with one attached hydrogen (secondary N) is 3. The molecular formula is C18H13F4N5O. The van der Waals surface area contributed by atoms with E-state index in [0.717, 1.165) is 18.5 Å². The van der Waals surface area contributed by atoms with Crippen molar-refractivity contribution < 1.29 is 22.3 Å². The minimum Gasteiger partial charge on any atom is -0.406 e. The Bertz CT molecular complexity index is 965. The molecule has 2 aromatic carbocycles. The molecular weight excluding hydrogens is 378 g/mol.